The highest BCUT2D eigenvalue weighted by Gasteiger charge is 2.35. The van der Waals surface area contributed by atoms with Crippen molar-refractivity contribution in [1.29, 1.82) is 0 Å². The van der Waals surface area contributed by atoms with Gasteiger partial charge in [0, 0.05) is 24.7 Å². The van der Waals surface area contributed by atoms with Crippen molar-refractivity contribution in [2.24, 2.45) is 0 Å². The summed E-state index contributed by atoms with van der Waals surface area (Å²) < 4.78 is 31.4. The van der Waals surface area contributed by atoms with Gasteiger partial charge in [-0.1, -0.05) is 48.5 Å². The molecule has 8 nitrogen and oxygen atoms in total. The zero-order valence-electron chi connectivity index (χ0n) is 18.2. The smallest absolute Gasteiger partial charge is 0.137 e. The molecule has 10 heteroatoms. The van der Waals surface area contributed by atoms with Gasteiger partial charge < -0.3 is 5.11 Å². The Balaban J connectivity index is 1.53. The highest BCUT2D eigenvalue weighted by Crippen LogP contribution is 2.28. The van der Waals surface area contributed by atoms with Crippen LogP contribution in [-0.4, -0.2) is 52.9 Å². The maximum Gasteiger partial charge on any atom is 0.137 e. The molecule has 0 aliphatic rings. The minimum absolute atomic E-state index is 0.00872. The van der Waals surface area contributed by atoms with Crippen molar-refractivity contribution in [1.82, 2.24) is 34.7 Å². The molecule has 0 saturated heterocycles. The first-order chi connectivity index (χ1) is 15.9. The molecule has 0 saturated carbocycles. The van der Waals surface area contributed by atoms with E-state index >= 15 is 0 Å². The quantitative estimate of drug-likeness (QED) is 0.397. The third-order valence-corrected chi connectivity index (χ3v) is 5.41. The van der Waals surface area contributed by atoms with Crippen LogP contribution in [0.3, 0.4) is 0 Å². The van der Waals surface area contributed by atoms with Gasteiger partial charge >= 0.3 is 0 Å². The molecule has 2 heterocycles. The van der Waals surface area contributed by atoms with E-state index in [-0.39, 0.29) is 18.7 Å². The van der Waals surface area contributed by atoms with E-state index in [4.69, 9.17) is 0 Å². The number of hydrogen-bond acceptors (Lipinski definition) is 6. The summed E-state index contributed by atoms with van der Waals surface area (Å²) in [6.45, 7) is 3.51. The minimum atomic E-state index is -1.68. The lowest BCUT2D eigenvalue weighted by Crippen LogP contribution is -2.44. The normalized spacial score (nSPS) is 13.4. The summed E-state index contributed by atoms with van der Waals surface area (Å²) in [5, 5.41) is 24.0. The van der Waals surface area contributed by atoms with E-state index in [0.29, 0.717) is 19.6 Å². The van der Waals surface area contributed by atoms with Crippen molar-refractivity contribution in [3.8, 4) is 0 Å². The van der Waals surface area contributed by atoms with E-state index in [1.807, 2.05) is 48.4 Å². The average molecular weight is 453 g/mol. The van der Waals surface area contributed by atoms with Crippen LogP contribution in [0.5, 0.6) is 0 Å². The molecule has 172 valence electrons. The lowest BCUT2D eigenvalue weighted by molar-refractivity contribution is -0.0227. The number of aromatic nitrogens is 6. The first kappa shape index (κ1) is 22.7. The zero-order chi connectivity index (χ0) is 23.3. The van der Waals surface area contributed by atoms with Crippen molar-refractivity contribution in [2.45, 2.75) is 32.2 Å². The van der Waals surface area contributed by atoms with E-state index in [0.717, 1.165) is 23.4 Å². The number of rotatable bonds is 10. The summed E-state index contributed by atoms with van der Waals surface area (Å²) in [5.74, 6) is -1.52. The predicted molar refractivity (Wildman–Crippen MR) is 117 cm³/mol. The Morgan fingerprint density at radius 3 is 2.61 bits per heavy atom. The van der Waals surface area contributed by atoms with E-state index in [9.17, 15) is 13.9 Å². The number of likely N-dealkylation sites (N-methyl/N-ethyl adjacent to an activating group) is 1. The summed E-state index contributed by atoms with van der Waals surface area (Å²) in [4.78, 5) is 5.82. The molecule has 1 N–H and O–H groups in total. The van der Waals surface area contributed by atoms with Crippen molar-refractivity contribution in [3.63, 3.8) is 0 Å². The highest BCUT2D eigenvalue weighted by molar-refractivity contribution is 5.26. The Labute approximate surface area is 190 Å². The maximum atomic E-state index is 14.7. The zero-order valence-corrected chi connectivity index (χ0v) is 18.2. The molecule has 0 aliphatic carbocycles. The van der Waals surface area contributed by atoms with Crippen LogP contribution in [0.15, 0.2) is 67.4 Å². The third kappa shape index (κ3) is 5.65. The number of nitrogens with zero attached hydrogens (tertiary/aromatic N) is 7. The van der Waals surface area contributed by atoms with Gasteiger partial charge in [-0.3, -0.25) is 4.90 Å². The molecule has 4 rings (SSSR count). The first-order valence-electron chi connectivity index (χ1n) is 10.6. The summed E-state index contributed by atoms with van der Waals surface area (Å²) >= 11 is 0. The van der Waals surface area contributed by atoms with Crippen molar-refractivity contribution in [2.75, 3.05) is 13.1 Å². The van der Waals surface area contributed by atoms with Gasteiger partial charge in [-0.05, 0) is 18.2 Å². The second-order valence-corrected chi connectivity index (χ2v) is 7.95. The fourth-order valence-electron chi connectivity index (χ4n) is 3.81. The van der Waals surface area contributed by atoms with Crippen LogP contribution in [0.4, 0.5) is 8.78 Å². The van der Waals surface area contributed by atoms with E-state index in [1.165, 1.54) is 23.4 Å². The summed E-state index contributed by atoms with van der Waals surface area (Å²) in [6, 6.07) is 13.1. The predicted octanol–water partition coefficient (Wildman–Crippen LogP) is 2.61. The second-order valence-electron chi connectivity index (χ2n) is 7.95. The molecule has 4 aromatic rings. The van der Waals surface area contributed by atoms with Crippen LogP contribution in [0, 0.1) is 11.6 Å². The largest absolute Gasteiger partial charge is 0.382 e. The van der Waals surface area contributed by atoms with Crippen molar-refractivity contribution >= 4 is 0 Å². The van der Waals surface area contributed by atoms with Gasteiger partial charge in [0.15, 0.2) is 0 Å². The Hall–Kier alpha value is -3.50. The summed E-state index contributed by atoms with van der Waals surface area (Å²) in [7, 11) is 0. The van der Waals surface area contributed by atoms with Gasteiger partial charge in [0.1, 0.15) is 29.9 Å². The van der Waals surface area contributed by atoms with Crippen LogP contribution in [0.2, 0.25) is 0 Å². The van der Waals surface area contributed by atoms with Gasteiger partial charge in [0.05, 0.1) is 25.0 Å². The van der Waals surface area contributed by atoms with Crippen LogP contribution in [0.25, 0.3) is 0 Å². The van der Waals surface area contributed by atoms with E-state index < -0.39 is 17.2 Å². The minimum Gasteiger partial charge on any atom is -0.382 e. The monoisotopic (exact) mass is 453 g/mol. The maximum absolute atomic E-state index is 14.7. The number of aliphatic hydroxyl groups is 1. The molecule has 0 radical (unpaired) electrons. The van der Waals surface area contributed by atoms with Gasteiger partial charge in [-0.15, -0.1) is 5.10 Å². The molecule has 1 atom stereocenters. The molecule has 0 spiro atoms. The van der Waals surface area contributed by atoms with Gasteiger partial charge in [0.25, 0.3) is 0 Å². The standard InChI is InChI=1S/C23H25F2N7O/c1-2-30(12-20-13-31(29-28-20)11-18-6-4-3-5-7-18)14-23(33,15-32-17-26-16-27-32)21-9-8-19(24)10-22(21)25/h3-10,13,16-17,33H,2,11-12,14-15H2,1H3. The van der Waals surface area contributed by atoms with Crippen molar-refractivity contribution in [3.05, 3.63) is 95.8 Å². The van der Waals surface area contributed by atoms with Crippen LogP contribution < -0.4 is 0 Å². The lowest BCUT2D eigenvalue weighted by atomic mass is 9.92. The molecule has 0 bridgehead atoms. The number of hydrogen-bond donors (Lipinski definition) is 1. The van der Waals surface area contributed by atoms with Crippen LogP contribution >= 0.6 is 0 Å². The number of benzene rings is 2. The van der Waals surface area contributed by atoms with E-state index in [2.05, 4.69) is 20.4 Å². The molecular formula is C23H25F2N7O. The SMILES string of the molecule is CCN(Cc1cn(Cc2ccccc2)nn1)CC(O)(Cn1cncn1)c1ccc(F)cc1F. The second kappa shape index (κ2) is 9.97. The fourth-order valence-corrected chi connectivity index (χ4v) is 3.81. The highest BCUT2D eigenvalue weighted by atomic mass is 19.1. The molecule has 2 aromatic heterocycles. The van der Waals surface area contributed by atoms with E-state index in [1.54, 1.807) is 4.68 Å². The lowest BCUT2D eigenvalue weighted by Gasteiger charge is -2.34. The molecule has 0 aliphatic heterocycles. The fraction of sp³-hybridized carbons (Fsp3) is 0.304. The topological polar surface area (TPSA) is 84.9 Å². The molecule has 0 amide bonds. The van der Waals surface area contributed by atoms with Gasteiger partial charge in [-0.25, -0.2) is 23.1 Å². The summed E-state index contributed by atoms with van der Waals surface area (Å²) in [5.41, 5.74) is 0.137. The van der Waals surface area contributed by atoms with Crippen LogP contribution in [0.1, 0.15) is 23.7 Å². The molecular weight excluding hydrogens is 428 g/mol. The first-order valence-corrected chi connectivity index (χ1v) is 10.6. The molecule has 33 heavy (non-hydrogen) atoms. The van der Waals surface area contributed by atoms with Crippen molar-refractivity contribution < 1.29 is 13.9 Å². The Bertz CT molecular complexity index is 1170. The molecule has 0 fully saturated rings. The Morgan fingerprint density at radius 2 is 1.91 bits per heavy atom. The Morgan fingerprint density at radius 1 is 1.09 bits per heavy atom. The van der Waals surface area contributed by atoms with Gasteiger partial charge in [-0.2, -0.15) is 5.10 Å². The summed E-state index contributed by atoms with van der Waals surface area (Å²) in [6.07, 6.45) is 4.63. The third-order valence-electron chi connectivity index (χ3n) is 5.41. The number of halogens is 2. The average Bonchev–Trinajstić information content (AvgIpc) is 3.46. The molecule has 2 aromatic carbocycles. The Kier molecular flexibility index (Phi) is 6.85. The van der Waals surface area contributed by atoms with Gasteiger partial charge in [0.2, 0.25) is 0 Å². The molecule has 1 unspecified atom stereocenters. The van der Waals surface area contributed by atoms with Crippen LogP contribution in [-0.2, 0) is 25.2 Å².